The van der Waals surface area contributed by atoms with Gasteiger partial charge in [-0.15, -0.1) is 0 Å². The normalized spacial score (nSPS) is 14.1. The van der Waals surface area contributed by atoms with Crippen molar-refractivity contribution in [2.75, 3.05) is 33.9 Å². The minimum Gasteiger partial charge on any atom is -0.379 e. The Morgan fingerprint density at radius 1 is 1.23 bits per heavy atom. The molecule has 0 heterocycles. The second-order valence-electron chi connectivity index (χ2n) is 3.73. The summed E-state index contributed by atoms with van der Waals surface area (Å²) in [6.07, 6.45) is 0.459. The van der Waals surface area contributed by atoms with E-state index in [2.05, 4.69) is 18.7 Å². The highest BCUT2D eigenvalue weighted by molar-refractivity contribution is 4.61. The van der Waals surface area contributed by atoms with E-state index in [1.807, 2.05) is 21.0 Å². The van der Waals surface area contributed by atoms with E-state index >= 15 is 0 Å². The van der Waals surface area contributed by atoms with Gasteiger partial charge in [0.2, 0.25) is 0 Å². The lowest BCUT2D eigenvalue weighted by Crippen LogP contribution is -2.34. The van der Waals surface area contributed by atoms with Gasteiger partial charge in [0, 0.05) is 13.2 Å². The zero-order chi connectivity index (χ0) is 10.3. The van der Waals surface area contributed by atoms with Gasteiger partial charge in [0.15, 0.2) is 0 Å². The zero-order valence-corrected chi connectivity index (χ0v) is 9.54. The van der Waals surface area contributed by atoms with E-state index in [-0.39, 0.29) is 12.2 Å². The van der Waals surface area contributed by atoms with E-state index in [1.54, 1.807) is 0 Å². The largest absolute Gasteiger partial charge is 0.379 e. The van der Waals surface area contributed by atoms with Crippen molar-refractivity contribution in [1.82, 2.24) is 4.90 Å². The average molecular weight is 189 g/mol. The predicted molar refractivity (Wildman–Crippen MR) is 55.1 cm³/mol. The summed E-state index contributed by atoms with van der Waals surface area (Å²) in [4.78, 5) is 2.12. The van der Waals surface area contributed by atoms with Crippen molar-refractivity contribution in [2.24, 2.45) is 0 Å². The third-order valence-electron chi connectivity index (χ3n) is 1.54. The summed E-state index contributed by atoms with van der Waals surface area (Å²) in [6.45, 7) is 8.46. The van der Waals surface area contributed by atoms with Crippen molar-refractivity contribution < 1.29 is 9.47 Å². The van der Waals surface area contributed by atoms with Crippen LogP contribution in [0, 0.1) is 0 Å². The Labute approximate surface area is 82.0 Å². The molecule has 0 bridgehead atoms. The monoisotopic (exact) mass is 189 g/mol. The Hall–Kier alpha value is -0.120. The van der Waals surface area contributed by atoms with Crippen molar-refractivity contribution in [3.05, 3.63) is 0 Å². The molecule has 0 N–H and O–H groups in total. The van der Waals surface area contributed by atoms with Crippen LogP contribution in [0.25, 0.3) is 0 Å². The first-order chi connectivity index (χ1) is 6.06. The highest BCUT2D eigenvalue weighted by atomic mass is 16.5. The van der Waals surface area contributed by atoms with Crippen LogP contribution in [-0.4, -0.2) is 51.0 Å². The summed E-state index contributed by atoms with van der Waals surface area (Å²) in [7, 11) is 4.09. The van der Waals surface area contributed by atoms with Crippen LogP contribution in [0.1, 0.15) is 20.8 Å². The number of ether oxygens (including phenoxy) is 2. The fourth-order valence-corrected chi connectivity index (χ4v) is 1.18. The van der Waals surface area contributed by atoms with E-state index < -0.39 is 0 Å². The Morgan fingerprint density at radius 3 is 2.23 bits per heavy atom. The number of hydrogen-bond donors (Lipinski definition) is 0. The quantitative estimate of drug-likeness (QED) is 0.604. The van der Waals surface area contributed by atoms with Crippen LogP contribution in [-0.2, 0) is 9.47 Å². The van der Waals surface area contributed by atoms with Gasteiger partial charge in [-0.05, 0) is 34.9 Å². The van der Waals surface area contributed by atoms with Crippen molar-refractivity contribution in [3.63, 3.8) is 0 Å². The van der Waals surface area contributed by atoms with Crippen molar-refractivity contribution in [2.45, 2.75) is 33.0 Å². The first kappa shape index (κ1) is 12.9. The number of rotatable bonds is 7. The average Bonchev–Trinajstić information content (AvgIpc) is 1.98. The van der Waals surface area contributed by atoms with E-state index in [4.69, 9.17) is 9.47 Å². The summed E-state index contributed by atoms with van der Waals surface area (Å²) >= 11 is 0. The predicted octanol–water partition coefficient (Wildman–Crippen LogP) is 1.38. The van der Waals surface area contributed by atoms with Crippen molar-refractivity contribution in [3.8, 4) is 0 Å². The maximum Gasteiger partial charge on any atom is 0.0938 e. The molecule has 0 rings (SSSR count). The van der Waals surface area contributed by atoms with Crippen LogP contribution < -0.4 is 0 Å². The molecule has 0 aliphatic rings. The van der Waals surface area contributed by atoms with E-state index in [1.165, 1.54) is 0 Å². The summed E-state index contributed by atoms with van der Waals surface area (Å²) < 4.78 is 11.0. The van der Waals surface area contributed by atoms with Gasteiger partial charge in [0.1, 0.15) is 0 Å². The van der Waals surface area contributed by atoms with Crippen LogP contribution >= 0.6 is 0 Å². The first-order valence-corrected chi connectivity index (χ1v) is 4.94. The lowest BCUT2D eigenvalue weighted by Gasteiger charge is -2.23. The van der Waals surface area contributed by atoms with Crippen LogP contribution in [0.3, 0.4) is 0 Å². The molecule has 3 nitrogen and oxygen atoms in total. The van der Waals surface area contributed by atoms with Crippen LogP contribution in [0.15, 0.2) is 0 Å². The zero-order valence-electron chi connectivity index (χ0n) is 9.54. The molecule has 0 aliphatic carbocycles. The lowest BCUT2D eigenvalue weighted by atomic mass is 10.3. The van der Waals surface area contributed by atoms with E-state index in [9.17, 15) is 0 Å². The maximum absolute atomic E-state index is 5.70. The molecule has 3 heteroatoms. The molecular formula is C10H23NO2. The Balaban J connectivity index is 3.73. The third-order valence-corrected chi connectivity index (χ3v) is 1.54. The second kappa shape index (κ2) is 7.30. The highest BCUT2D eigenvalue weighted by Gasteiger charge is 2.11. The number of hydrogen-bond acceptors (Lipinski definition) is 3. The summed E-state index contributed by atoms with van der Waals surface area (Å²) in [5, 5.41) is 0. The molecule has 80 valence electrons. The molecule has 0 fully saturated rings. The van der Waals surface area contributed by atoms with E-state index in [0.717, 1.165) is 13.2 Å². The van der Waals surface area contributed by atoms with Crippen LogP contribution in [0.4, 0.5) is 0 Å². The van der Waals surface area contributed by atoms with Crippen LogP contribution in [0.2, 0.25) is 0 Å². The maximum atomic E-state index is 5.70. The molecule has 0 spiro atoms. The van der Waals surface area contributed by atoms with Gasteiger partial charge in [-0.3, -0.25) is 0 Å². The Morgan fingerprint density at radius 2 is 1.85 bits per heavy atom. The molecule has 1 unspecified atom stereocenters. The van der Waals surface area contributed by atoms with Gasteiger partial charge >= 0.3 is 0 Å². The summed E-state index contributed by atoms with van der Waals surface area (Å²) in [5.41, 5.74) is 0. The fourth-order valence-electron chi connectivity index (χ4n) is 1.18. The van der Waals surface area contributed by atoms with Gasteiger partial charge in [-0.25, -0.2) is 0 Å². The number of nitrogens with zero attached hydrogens (tertiary/aromatic N) is 1. The molecule has 0 radical (unpaired) electrons. The number of likely N-dealkylation sites (N-methyl/N-ethyl adjacent to an activating group) is 1. The van der Waals surface area contributed by atoms with Gasteiger partial charge in [0.25, 0.3) is 0 Å². The van der Waals surface area contributed by atoms with E-state index in [0.29, 0.717) is 6.61 Å². The van der Waals surface area contributed by atoms with Gasteiger partial charge in [-0.2, -0.15) is 0 Å². The Bertz CT molecular complexity index is 105. The SMILES string of the molecule is CCOCC(CN(C)C)OC(C)C. The topological polar surface area (TPSA) is 21.7 Å². The smallest absolute Gasteiger partial charge is 0.0938 e. The minimum atomic E-state index is 0.190. The highest BCUT2D eigenvalue weighted by Crippen LogP contribution is 2.00. The van der Waals surface area contributed by atoms with Gasteiger partial charge in [0.05, 0.1) is 18.8 Å². The lowest BCUT2D eigenvalue weighted by molar-refractivity contribution is -0.0513. The molecule has 0 amide bonds. The molecule has 0 aromatic heterocycles. The second-order valence-corrected chi connectivity index (χ2v) is 3.73. The minimum absolute atomic E-state index is 0.190. The molecule has 13 heavy (non-hydrogen) atoms. The van der Waals surface area contributed by atoms with Crippen molar-refractivity contribution >= 4 is 0 Å². The fraction of sp³-hybridized carbons (Fsp3) is 1.00. The molecule has 0 aromatic carbocycles. The van der Waals surface area contributed by atoms with Gasteiger partial charge in [-0.1, -0.05) is 0 Å². The summed E-state index contributed by atoms with van der Waals surface area (Å²) in [5.74, 6) is 0. The molecular weight excluding hydrogens is 166 g/mol. The summed E-state index contributed by atoms with van der Waals surface area (Å²) in [6, 6.07) is 0. The standard InChI is InChI=1S/C10H23NO2/c1-6-12-8-10(7-11(4)5)13-9(2)3/h9-10H,6-8H2,1-5H3. The molecule has 0 saturated heterocycles. The first-order valence-electron chi connectivity index (χ1n) is 4.94. The van der Waals surface area contributed by atoms with Gasteiger partial charge < -0.3 is 14.4 Å². The Kier molecular flexibility index (Phi) is 7.23. The molecule has 1 atom stereocenters. The molecule has 0 aliphatic heterocycles. The molecule has 0 aromatic rings. The molecule has 0 saturated carbocycles. The van der Waals surface area contributed by atoms with Crippen LogP contribution in [0.5, 0.6) is 0 Å². The van der Waals surface area contributed by atoms with Crippen molar-refractivity contribution in [1.29, 1.82) is 0 Å². The third kappa shape index (κ3) is 8.22.